The quantitative estimate of drug-likeness (QED) is 0.449. The summed E-state index contributed by atoms with van der Waals surface area (Å²) in [5.41, 5.74) is 0.223. The van der Waals surface area contributed by atoms with E-state index in [4.69, 9.17) is 0 Å². The SMILES string of the molecule is O=C(C1CC1)N1CCC(O)(Cn2cnc3c(cnn3-c3cccc(-c4ccc(F)cc4F)c3)c2=O)CC1. The molecule has 2 aromatic carbocycles. The fourth-order valence-corrected chi connectivity index (χ4v) is 4.99. The molecule has 1 aliphatic heterocycles. The number of rotatable bonds is 5. The van der Waals surface area contributed by atoms with Crippen LogP contribution in [0.2, 0.25) is 0 Å². The first kappa shape index (κ1) is 23.5. The average molecular weight is 506 g/mol. The second-order valence-electron chi connectivity index (χ2n) is 9.97. The molecular formula is C27H25F2N5O3. The van der Waals surface area contributed by atoms with Crippen molar-refractivity contribution >= 4 is 16.9 Å². The van der Waals surface area contributed by atoms with Crippen LogP contribution in [0.25, 0.3) is 27.8 Å². The van der Waals surface area contributed by atoms with Crippen molar-refractivity contribution in [2.45, 2.75) is 37.8 Å². The summed E-state index contributed by atoms with van der Waals surface area (Å²) in [6, 6.07) is 10.3. The van der Waals surface area contributed by atoms with Crippen molar-refractivity contribution in [2.24, 2.45) is 5.92 Å². The molecule has 2 aromatic heterocycles. The Kier molecular flexibility index (Phi) is 5.63. The monoisotopic (exact) mass is 505 g/mol. The molecule has 8 nitrogen and oxygen atoms in total. The van der Waals surface area contributed by atoms with E-state index >= 15 is 0 Å². The zero-order valence-electron chi connectivity index (χ0n) is 20.0. The van der Waals surface area contributed by atoms with E-state index in [-0.39, 0.29) is 34.9 Å². The molecule has 1 N–H and O–H groups in total. The minimum absolute atomic E-state index is 0.0741. The third-order valence-corrected chi connectivity index (χ3v) is 7.28. The van der Waals surface area contributed by atoms with Gasteiger partial charge in [0, 0.05) is 30.6 Å². The zero-order valence-corrected chi connectivity index (χ0v) is 20.0. The van der Waals surface area contributed by atoms with Gasteiger partial charge in [0.2, 0.25) is 5.91 Å². The van der Waals surface area contributed by atoms with Gasteiger partial charge in [-0.3, -0.25) is 14.2 Å². The van der Waals surface area contributed by atoms with E-state index < -0.39 is 17.2 Å². The molecule has 2 aliphatic rings. The van der Waals surface area contributed by atoms with Crippen LogP contribution in [0.4, 0.5) is 8.78 Å². The van der Waals surface area contributed by atoms with Gasteiger partial charge in [-0.15, -0.1) is 0 Å². The maximum Gasteiger partial charge on any atom is 0.264 e. The zero-order chi connectivity index (χ0) is 25.7. The number of carbonyl (C=O) groups excluding carboxylic acids is 1. The number of carbonyl (C=O) groups is 1. The molecule has 37 heavy (non-hydrogen) atoms. The molecule has 190 valence electrons. The van der Waals surface area contributed by atoms with Crippen LogP contribution >= 0.6 is 0 Å². The number of likely N-dealkylation sites (tertiary alicyclic amines) is 1. The van der Waals surface area contributed by atoms with Gasteiger partial charge >= 0.3 is 0 Å². The third kappa shape index (κ3) is 4.42. The lowest BCUT2D eigenvalue weighted by Crippen LogP contribution is -2.50. The van der Waals surface area contributed by atoms with Gasteiger partial charge in [-0.05, 0) is 55.5 Å². The summed E-state index contributed by atoms with van der Waals surface area (Å²) in [7, 11) is 0. The second-order valence-corrected chi connectivity index (χ2v) is 9.97. The van der Waals surface area contributed by atoms with Crippen molar-refractivity contribution < 1.29 is 18.7 Å². The Morgan fingerprint density at radius 2 is 1.89 bits per heavy atom. The number of nitrogens with zero attached hydrogens (tertiary/aromatic N) is 5. The number of aliphatic hydroxyl groups is 1. The van der Waals surface area contributed by atoms with Gasteiger partial charge in [-0.2, -0.15) is 5.10 Å². The predicted octanol–water partition coefficient (Wildman–Crippen LogP) is 3.29. The molecule has 6 rings (SSSR count). The summed E-state index contributed by atoms with van der Waals surface area (Å²) < 4.78 is 30.5. The molecule has 3 heterocycles. The van der Waals surface area contributed by atoms with Crippen LogP contribution in [-0.4, -0.2) is 53.9 Å². The molecule has 0 radical (unpaired) electrons. The Balaban J connectivity index is 1.25. The molecule has 0 bridgehead atoms. The first-order chi connectivity index (χ1) is 17.8. The lowest BCUT2D eigenvalue weighted by molar-refractivity contribution is -0.137. The first-order valence-corrected chi connectivity index (χ1v) is 12.3. The van der Waals surface area contributed by atoms with Crippen LogP contribution in [0.5, 0.6) is 0 Å². The van der Waals surface area contributed by atoms with Crippen molar-refractivity contribution in [3.8, 4) is 16.8 Å². The summed E-state index contributed by atoms with van der Waals surface area (Å²) in [6.45, 7) is 1.02. The Morgan fingerprint density at radius 3 is 2.62 bits per heavy atom. The maximum atomic E-state index is 14.3. The van der Waals surface area contributed by atoms with Crippen LogP contribution < -0.4 is 5.56 Å². The summed E-state index contributed by atoms with van der Waals surface area (Å²) in [5, 5.41) is 15.8. The number of benzene rings is 2. The Labute approximate surface area is 210 Å². The lowest BCUT2D eigenvalue weighted by Gasteiger charge is -2.38. The second kappa shape index (κ2) is 8.88. The number of halogens is 2. The number of amides is 1. The van der Waals surface area contributed by atoms with E-state index in [9.17, 15) is 23.5 Å². The van der Waals surface area contributed by atoms with Crippen molar-refractivity contribution in [3.05, 3.63) is 77.0 Å². The molecule has 0 atom stereocenters. The van der Waals surface area contributed by atoms with Gasteiger partial charge in [0.05, 0.1) is 24.0 Å². The van der Waals surface area contributed by atoms with Crippen LogP contribution in [0.3, 0.4) is 0 Å². The molecule has 1 amide bonds. The smallest absolute Gasteiger partial charge is 0.264 e. The first-order valence-electron chi connectivity index (χ1n) is 12.3. The number of aromatic nitrogens is 4. The fraction of sp³-hybridized carbons (Fsp3) is 0.333. The van der Waals surface area contributed by atoms with Crippen molar-refractivity contribution in [3.63, 3.8) is 0 Å². The molecule has 2 fully saturated rings. The minimum atomic E-state index is -1.11. The van der Waals surface area contributed by atoms with Crippen LogP contribution in [0, 0.1) is 17.6 Å². The standard InChI is InChI=1S/C27H25F2N5O3/c28-19-6-7-21(23(29)13-19)18-2-1-3-20(12-18)34-24-22(14-31-34)26(36)33(16-30-24)15-27(37)8-10-32(11-9-27)25(35)17-4-5-17/h1-3,6-7,12-14,16-17,37H,4-5,8-11,15H2. The summed E-state index contributed by atoms with van der Waals surface area (Å²) >= 11 is 0. The summed E-state index contributed by atoms with van der Waals surface area (Å²) in [4.78, 5) is 31.8. The summed E-state index contributed by atoms with van der Waals surface area (Å²) in [5.74, 6) is -1.02. The number of hydrogen-bond donors (Lipinski definition) is 1. The number of hydrogen-bond acceptors (Lipinski definition) is 5. The molecule has 0 unspecified atom stereocenters. The molecule has 4 aromatic rings. The Morgan fingerprint density at radius 1 is 1.11 bits per heavy atom. The van der Waals surface area contributed by atoms with Gasteiger partial charge in [0.15, 0.2) is 5.65 Å². The summed E-state index contributed by atoms with van der Waals surface area (Å²) in [6.07, 6.45) is 5.49. The molecular weight excluding hydrogens is 480 g/mol. The van der Waals surface area contributed by atoms with Crippen molar-refractivity contribution in [1.82, 2.24) is 24.2 Å². The molecule has 1 aliphatic carbocycles. The maximum absolute atomic E-state index is 14.3. The van der Waals surface area contributed by atoms with E-state index in [1.54, 1.807) is 24.3 Å². The van der Waals surface area contributed by atoms with E-state index in [1.807, 2.05) is 4.90 Å². The van der Waals surface area contributed by atoms with Gasteiger partial charge in [0.1, 0.15) is 23.3 Å². The highest BCUT2D eigenvalue weighted by molar-refractivity contribution is 5.81. The van der Waals surface area contributed by atoms with Gasteiger partial charge in [0.25, 0.3) is 5.56 Å². The van der Waals surface area contributed by atoms with Gasteiger partial charge < -0.3 is 10.0 Å². The van der Waals surface area contributed by atoms with Gasteiger partial charge in [-0.1, -0.05) is 12.1 Å². The Hall–Kier alpha value is -3.92. The number of piperidine rings is 1. The van der Waals surface area contributed by atoms with Gasteiger partial charge in [-0.25, -0.2) is 18.4 Å². The highest BCUT2D eigenvalue weighted by Crippen LogP contribution is 2.33. The highest BCUT2D eigenvalue weighted by Gasteiger charge is 2.39. The largest absolute Gasteiger partial charge is 0.388 e. The molecule has 10 heteroatoms. The van der Waals surface area contributed by atoms with E-state index in [0.717, 1.165) is 18.9 Å². The van der Waals surface area contributed by atoms with Crippen LogP contribution in [0.15, 0.2) is 59.8 Å². The third-order valence-electron chi connectivity index (χ3n) is 7.28. The van der Waals surface area contributed by atoms with Crippen molar-refractivity contribution in [2.75, 3.05) is 13.1 Å². The molecule has 1 saturated heterocycles. The van der Waals surface area contributed by atoms with E-state index in [1.165, 1.54) is 33.9 Å². The normalized spacial score (nSPS) is 17.3. The van der Waals surface area contributed by atoms with E-state index in [2.05, 4.69) is 10.1 Å². The van der Waals surface area contributed by atoms with E-state index in [0.29, 0.717) is 42.8 Å². The molecule has 0 spiro atoms. The lowest BCUT2D eigenvalue weighted by atomic mass is 9.91. The topological polar surface area (TPSA) is 93.2 Å². The van der Waals surface area contributed by atoms with Crippen LogP contribution in [-0.2, 0) is 11.3 Å². The highest BCUT2D eigenvalue weighted by atomic mass is 19.1. The fourth-order valence-electron chi connectivity index (χ4n) is 4.99. The predicted molar refractivity (Wildman–Crippen MR) is 132 cm³/mol. The Bertz CT molecular complexity index is 1570. The average Bonchev–Trinajstić information content (AvgIpc) is 3.64. The van der Waals surface area contributed by atoms with Crippen LogP contribution in [0.1, 0.15) is 25.7 Å². The van der Waals surface area contributed by atoms with Crippen molar-refractivity contribution in [1.29, 1.82) is 0 Å². The minimum Gasteiger partial charge on any atom is -0.388 e. The number of fused-ring (bicyclic) bond motifs is 1. The molecule has 1 saturated carbocycles.